The standard InChI is InChI=1S/C22H20N4O2/c1-14-7-9-15(10-8-14)13-26-20-17(12-23-26)22(11-19(27)24-20)16-5-3-4-6-18(16)25(2)21(22)28/h3-10,12H,11,13H2,1-2H3,(H,24,27)/t22-/m0/s1. The van der Waals surface area contributed by atoms with Crippen LogP contribution in [-0.2, 0) is 21.5 Å². The summed E-state index contributed by atoms with van der Waals surface area (Å²) >= 11 is 0. The van der Waals surface area contributed by atoms with E-state index in [0.717, 1.165) is 22.4 Å². The smallest absolute Gasteiger partial charge is 0.242 e. The van der Waals surface area contributed by atoms with Crippen molar-refractivity contribution in [2.24, 2.45) is 0 Å². The molecule has 1 atom stereocenters. The number of hydrogen-bond donors (Lipinski definition) is 1. The Labute approximate surface area is 162 Å². The lowest BCUT2D eigenvalue weighted by Gasteiger charge is -2.32. The van der Waals surface area contributed by atoms with E-state index in [0.29, 0.717) is 12.4 Å². The number of likely N-dealkylation sites (N-methyl/N-ethyl adjacent to an activating group) is 1. The van der Waals surface area contributed by atoms with Crippen molar-refractivity contribution in [3.05, 3.63) is 77.0 Å². The maximum absolute atomic E-state index is 13.4. The average Bonchev–Trinajstić information content (AvgIpc) is 3.18. The molecule has 5 rings (SSSR count). The summed E-state index contributed by atoms with van der Waals surface area (Å²) in [6.45, 7) is 2.57. The van der Waals surface area contributed by atoms with Crippen LogP contribution < -0.4 is 10.2 Å². The molecule has 6 heteroatoms. The van der Waals surface area contributed by atoms with Gasteiger partial charge in [-0.05, 0) is 24.1 Å². The highest BCUT2D eigenvalue weighted by atomic mass is 16.2. The molecule has 140 valence electrons. The van der Waals surface area contributed by atoms with Crippen LogP contribution in [0.15, 0.2) is 54.7 Å². The predicted octanol–water partition coefficient (Wildman–Crippen LogP) is 2.84. The second-order valence-electron chi connectivity index (χ2n) is 7.56. The zero-order chi connectivity index (χ0) is 19.5. The van der Waals surface area contributed by atoms with E-state index in [1.807, 2.05) is 43.3 Å². The van der Waals surface area contributed by atoms with Crippen molar-refractivity contribution in [3.8, 4) is 0 Å². The van der Waals surface area contributed by atoms with Crippen LogP contribution in [0.3, 0.4) is 0 Å². The number of amides is 2. The quantitative estimate of drug-likeness (QED) is 0.752. The number of benzene rings is 2. The summed E-state index contributed by atoms with van der Waals surface area (Å²) in [6, 6.07) is 15.9. The van der Waals surface area contributed by atoms with E-state index in [2.05, 4.69) is 22.5 Å². The van der Waals surface area contributed by atoms with E-state index in [1.165, 1.54) is 5.56 Å². The van der Waals surface area contributed by atoms with Gasteiger partial charge in [-0.15, -0.1) is 0 Å². The molecule has 3 aromatic rings. The van der Waals surface area contributed by atoms with Crippen LogP contribution in [0.2, 0.25) is 0 Å². The minimum Gasteiger partial charge on any atom is -0.314 e. The number of hydrogen-bond acceptors (Lipinski definition) is 3. The molecule has 0 unspecified atom stereocenters. The lowest BCUT2D eigenvalue weighted by Crippen LogP contribution is -2.45. The molecule has 0 aliphatic carbocycles. The molecule has 0 saturated carbocycles. The summed E-state index contributed by atoms with van der Waals surface area (Å²) in [5.41, 5.74) is 3.75. The van der Waals surface area contributed by atoms with E-state index in [9.17, 15) is 9.59 Å². The van der Waals surface area contributed by atoms with Gasteiger partial charge in [0.2, 0.25) is 11.8 Å². The number of aromatic nitrogens is 2. The Balaban J connectivity index is 1.66. The maximum Gasteiger partial charge on any atom is 0.242 e. The SMILES string of the molecule is Cc1ccc(Cn2ncc3c2NC(=O)C[C@@]32C(=O)N(C)c3ccccc32)cc1. The highest BCUT2D eigenvalue weighted by Gasteiger charge is 2.56. The molecule has 3 heterocycles. The van der Waals surface area contributed by atoms with Crippen molar-refractivity contribution < 1.29 is 9.59 Å². The zero-order valence-corrected chi connectivity index (χ0v) is 15.8. The van der Waals surface area contributed by atoms with Crippen molar-refractivity contribution >= 4 is 23.3 Å². The van der Waals surface area contributed by atoms with E-state index in [4.69, 9.17) is 0 Å². The Hall–Kier alpha value is -3.41. The number of carbonyl (C=O) groups excluding carboxylic acids is 2. The average molecular weight is 372 g/mol. The van der Waals surface area contributed by atoms with E-state index >= 15 is 0 Å². The molecule has 28 heavy (non-hydrogen) atoms. The summed E-state index contributed by atoms with van der Waals surface area (Å²) in [4.78, 5) is 27.7. The molecule has 1 aromatic heterocycles. The van der Waals surface area contributed by atoms with Gasteiger partial charge >= 0.3 is 0 Å². The summed E-state index contributed by atoms with van der Waals surface area (Å²) < 4.78 is 1.77. The molecule has 2 amide bonds. The third-order valence-electron chi connectivity index (χ3n) is 5.83. The third kappa shape index (κ3) is 2.17. The lowest BCUT2D eigenvalue weighted by molar-refractivity contribution is -0.126. The Kier molecular flexibility index (Phi) is 3.46. The van der Waals surface area contributed by atoms with Crippen LogP contribution in [0, 0.1) is 6.92 Å². The molecule has 0 fully saturated rings. The number of anilines is 2. The normalized spacial score (nSPS) is 20.3. The number of nitrogens with one attached hydrogen (secondary N) is 1. The topological polar surface area (TPSA) is 67.2 Å². The van der Waals surface area contributed by atoms with Gasteiger partial charge < -0.3 is 10.2 Å². The fourth-order valence-electron chi connectivity index (χ4n) is 4.40. The molecule has 0 saturated heterocycles. The van der Waals surface area contributed by atoms with Gasteiger partial charge in [-0.1, -0.05) is 48.0 Å². The molecule has 2 aliphatic heterocycles. The number of rotatable bonds is 2. The van der Waals surface area contributed by atoms with Crippen molar-refractivity contribution in [2.45, 2.75) is 25.3 Å². The molecular formula is C22H20N4O2. The Morgan fingerprint density at radius 3 is 2.61 bits per heavy atom. The highest BCUT2D eigenvalue weighted by molar-refractivity contribution is 6.15. The van der Waals surface area contributed by atoms with Crippen molar-refractivity contribution in [1.29, 1.82) is 0 Å². The molecule has 0 bridgehead atoms. The molecule has 0 radical (unpaired) electrons. The van der Waals surface area contributed by atoms with Gasteiger partial charge in [0, 0.05) is 24.7 Å². The van der Waals surface area contributed by atoms with Gasteiger partial charge in [-0.25, -0.2) is 4.68 Å². The molecular weight excluding hydrogens is 352 g/mol. The fourth-order valence-corrected chi connectivity index (χ4v) is 4.40. The molecule has 2 aromatic carbocycles. The van der Waals surface area contributed by atoms with Gasteiger partial charge in [0.25, 0.3) is 0 Å². The third-order valence-corrected chi connectivity index (χ3v) is 5.83. The van der Waals surface area contributed by atoms with Crippen LogP contribution in [0.5, 0.6) is 0 Å². The molecule has 1 spiro atoms. The molecule has 2 aliphatic rings. The van der Waals surface area contributed by atoms with Crippen molar-refractivity contribution in [1.82, 2.24) is 9.78 Å². The number of aryl methyl sites for hydroxylation is 1. The van der Waals surface area contributed by atoms with Gasteiger partial charge in [0.15, 0.2) is 0 Å². The van der Waals surface area contributed by atoms with Gasteiger partial charge in [-0.3, -0.25) is 9.59 Å². The Morgan fingerprint density at radius 1 is 1.07 bits per heavy atom. The molecule has 1 N–H and O–H groups in total. The number of nitrogens with zero attached hydrogens (tertiary/aromatic N) is 3. The van der Waals surface area contributed by atoms with Crippen LogP contribution in [0.1, 0.15) is 28.7 Å². The lowest BCUT2D eigenvalue weighted by atomic mass is 9.72. The second kappa shape index (κ2) is 5.79. The summed E-state index contributed by atoms with van der Waals surface area (Å²) in [5, 5.41) is 7.48. The summed E-state index contributed by atoms with van der Waals surface area (Å²) in [6.07, 6.45) is 1.83. The Morgan fingerprint density at radius 2 is 1.82 bits per heavy atom. The Bertz CT molecular complexity index is 1120. The maximum atomic E-state index is 13.4. The molecule has 6 nitrogen and oxygen atoms in total. The van der Waals surface area contributed by atoms with Gasteiger partial charge in [-0.2, -0.15) is 5.10 Å². The first-order chi connectivity index (χ1) is 13.5. The van der Waals surface area contributed by atoms with E-state index in [-0.39, 0.29) is 18.2 Å². The minimum atomic E-state index is -1.01. The number of carbonyl (C=O) groups is 2. The highest BCUT2D eigenvalue weighted by Crippen LogP contribution is 2.51. The van der Waals surface area contributed by atoms with Crippen LogP contribution in [0.25, 0.3) is 0 Å². The van der Waals surface area contributed by atoms with E-state index < -0.39 is 5.41 Å². The largest absolute Gasteiger partial charge is 0.314 e. The first kappa shape index (κ1) is 16.7. The summed E-state index contributed by atoms with van der Waals surface area (Å²) in [5.74, 6) is 0.353. The number of fused-ring (bicyclic) bond motifs is 4. The zero-order valence-electron chi connectivity index (χ0n) is 15.8. The van der Waals surface area contributed by atoms with Gasteiger partial charge in [0.1, 0.15) is 11.2 Å². The first-order valence-electron chi connectivity index (χ1n) is 9.30. The van der Waals surface area contributed by atoms with Crippen molar-refractivity contribution in [3.63, 3.8) is 0 Å². The second-order valence-corrected chi connectivity index (χ2v) is 7.56. The van der Waals surface area contributed by atoms with Crippen LogP contribution in [0.4, 0.5) is 11.5 Å². The van der Waals surface area contributed by atoms with Crippen LogP contribution >= 0.6 is 0 Å². The first-order valence-corrected chi connectivity index (χ1v) is 9.30. The monoisotopic (exact) mass is 372 g/mol. The predicted molar refractivity (Wildman–Crippen MR) is 106 cm³/mol. The van der Waals surface area contributed by atoms with Crippen molar-refractivity contribution in [2.75, 3.05) is 17.3 Å². The minimum absolute atomic E-state index is 0.0836. The van der Waals surface area contributed by atoms with Gasteiger partial charge in [0.05, 0.1) is 12.7 Å². The summed E-state index contributed by atoms with van der Waals surface area (Å²) in [7, 11) is 1.76. The van der Waals surface area contributed by atoms with E-state index in [1.54, 1.807) is 22.8 Å². The van der Waals surface area contributed by atoms with Crippen LogP contribution in [-0.4, -0.2) is 28.6 Å². The number of para-hydroxylation sites is 1. The fraction of sp³-hybridized carbons (Fsp3) is 0.227.